The van der Waals surface area contributed by atoms with Crippen molar-refractivity contribution < 1.29 is 9.59 Å². The molecule has 1 fully saturated rings. The number of anilines is 1. The molecular formula is C21H23N3O2S. The van der Waals surface area contributed by atoms with E-state index in [2.05, 4.69) is 15.6 Å². The Labute approximate surface area is 163 Å². The van der Waals surface area contributed by atoms with E-state index in [0.29, 0.717) is 5.17 Å². The Kier molecular flexibility index (Phi) is 5.65. The molecule has 140 valence electrons. The van der Waals surface area contributed by atoms with E-state index >= 15 is 0 Å². The van der Waals surface area contributed by atoms with Crippen LogP contribution in [0, 0.1) is 27.7 Å². The number of amidine groups is 1. The number of carbonyl (C=O) groups excluding carboxylic acids is 2. The smallest absolute Gasteiger partial charge is 0.240 e. The Morgan fingerprint density at radius 3 is 2.52 bits per heavy atom. The van der Waals surface area contributed by atoms with Crippen LogP contribution in [-0.2, 0) is 9.59 Å². The van der Waals surface area contributed by atoms with E-state index < -0.39 is 5.25 Å². The largest absolute Gasteiger partial charge is 0.326 e. The number of nitrogens with zero attached hydrogens (tertiary/aromatic N) is 1. The van der Waals surface area contributed by atoms with Crippen LogP contribution in [0.25, 0.3) is 0 Å². The molecule has 5 nitrogen and oxygen atoms in total. The number of hydrogen-bond acceptors (Lipinski definition) is 4. The van der Waals surface area contributed by atoms with Crippen molar-refractivity contribution >= 4 is 40.1 Å². The van der Waals surface area contributed by atoms with Gasteiger partial charge in [-0.05, 0) is 56.5 Å². The molecule has 1 aliphatic rings. The van der Waals surface area contributed by atoms with Gasteiger partial charge in [-0.15, -0.1) is 0 Å². The number of carbonyl (C=O) groups is 2. The highest BCUT2D eigenvalue weighted by Gasteiger charge is 2.32. The number of benzene rings is 2. The number of rotatable bonds is 4. The third-order valence-electron chi connectivity index (χ3n) is 4.39. The van der Waals surface area contributed by atoms with E-state index in [1.165, 1.54) is 11.8 Å². The van der Waals surface area contributed by atoms with Gasteiger partial charge >= 0.3 is 0 Å². The Bertz CT molecular complexity index is 937. The molecule has 0 aliphatic carbocycles. The summed E-state index contributed by atoms with van der Waals surface area (Å²) >= 11 is 1.30. The number of aryl methyl sites for hydroxylation is 4. The molecule has 1 heterocycles. The van der Waals surface area contributed by atoms with Crippen molar-refractivity contribution in [3.05, 3.63) is 58.7 Å². The van der Waals surface area contributed by atoms with E-state index in [1.807, 2.05) is 64.1 Å². The maximum Gasteiger partial charge on any atom is 0.240 e. The Hall–Kier alpha value is -2.60. The molecule has 0 radical (unpaired) electrons. The summed E-state index contributed by atoms with van der Waals surface area (Å²) in [5, 5.41) is 5.74. The normalized spacial score (nSPS) is 17.9. The van der Waals surface area contributed by atoms with Crippen LogP contribution in [0.1, 0.15) is 28.7 Å². The first kappa shape index (κ1) is 19.2. The average Bonchev–Trinajstić information content (AvgIpc) is 2.93. The number of thioether (sulfide) groups is 1. The zero-order valence-electron chi connectivity index (χ0n) is 15.9. The van der Waals surface area contributed by atoms with Crippen molar-refractivity contribution in [2.45, 2.75) is 39.4 Å². The molecule has 2 aromatic rings. The molecule has 1 saturated heterocycles. The average molecular weight is 382 g/mol. The minimum Gasteiger partial charge on any atom is -0.326 e. The van der Waals surface area contributed by atoms with Gasteiger partial charge in [-0.2, -0.15) is 0 Å². The van der Waals surface area contributed by atoms with E-state index in [-0.39, 0.29) is 18.2 Å². The van der Waals surface area contributed by atoms with Crippen LogP contribution in [0.4, 0.5) is 11.4 Å². The lowest BCUT2D eigenvalue weighted by atomic mass is 10.1. The van der Waals surface area contributed by atoms with Crippen molar-refractivity contribution in [1.82, 2.24) is 5.32 Å². The van der Waals surface area contributed by atoms with E-state index in [4.69, 9.17) is 0 Å². The van der Waals surface area contributed by atoms with Gasteiger partial charge in [0.05, 0.1) is 5.69 Å². The molecule has 6 heteroatoms. The number of hydrogen-bond donors (Lipinski definition) is 2. The molecule has 1 atom stereocenters. The maximum atomic E-state index is 12.4. The standard InChI is InChI=1S/C21H23N3O2S/c1-12-6-8-16(15(4)9-12)22-19(25)11-18-20(26)24-21(27-18)23-17-10-13(2)5-7-14(17)3/h5-10,18H,11H2,1-4H3,(H,22,25)(H,23,24,26)/t18-/m1/s1. The van der Waals surface area contributed by atoms with Gasteiger partial charge < -0.3 is 10.6 Å². The lowest BCUT2D eigenvalue weighted by molar-refractivity contribution is -0.122. The molecule has 0 spiro atoms. The number of aliphatic imine (C=N–C) groups is 1. The number of nitrogens with one attached hydrogen (secondary N) is 2. The first-order valence-corrected chi connectivity index (χ1v) is 9.70. The van der Waals surface area contributed by atoms with Crippen molar-refractivity contribution in [2.24, 2.45) is 4.99 Å². The van der Waals surface area contributed by atoms with Crippen LogP contribution in [-0.4, -0.2) is 22.2 Å². The second kappa shape index (κ2) is 7.96. The van der Waals surface area contributed by atoms with Crippen molar-refractivity contribution in [2.75, 3.05) is 5.32 Å². The highest BCUT2D eigenvalue weighted by molar-refractivity contribution is 8.15. The summed E-state index contributed by atoms with van der Waals surface area (Å²) in [7, 11) is 0. The molecule has 27 heavy (non-hydrogen) atoms. The van der Waals surface area contributed by atoms with Crippen LogP contribution < -0.4 is 10.6 Å². The van der Waals surface area contributed by atoms with Crippen LogP contribution in [0.2, 0.25) is 0 Å². The zero-order valence-corrected chi connectivity index (χ0v) is 16.7. The third kappa shape index (κ3) is 4.77. The Morgan fingerprint density at radius 2 is 1.78 bits per heavy atom. The Morgan fingerprint density at radius 1 is 1.07 bits per heavy atom. The van der Waals surface area contributed by atoms with E-state index in [9.17, 15) is 9.59 Å². The first-order valence-electron chi connectivity index (χ1n) is 8.82. The second-order valence-corrected chi connectivity index (χ2v) is 8.06. The summed E-state index contributed by atoms with van der Waals surface area (Å²) in [6.45, 7) is 7.95. The monoisotopic (exact) mass is 381 g/mol. The molecule has 0 saturated carbocycles. The van der Waals surface area contributed by atoms with Gasteiger partial charge in [0, 0.05) is 12.1 Å². The molecule has 0 unspecified atom stereocenters. The summed E-state index contributed by atoms with van der Waals surface area (Å²) < 4.78 is 0. The molecule has 0 bridgehead atoms. The SMILES string of the molecule is Cc1ccc(NC(=O)C[C@H]2SC(=Nc3cc(C)ccc3C)NC2=O)c(C)c1. The summed E-state index contributed by atoms with van der Waals surface area (Å²) in [6.07, 6.45) is 0.107. The zero-order chi connectivity index (χ0) is 19.6. The van der Waals surface area contributed by atoms with Gasteiger partial charge in [0.25, 0.3) is 0 Å². The van der Waals surface area contributed by atoms with Gasteiger partial charge in [-0.25, -0.2) is 4.99 Å². The summed E-state index contributed by atoms with van der Waals surface area (Å²) in [5.74, 6) is -0.359. The minimum absolute atomic E-state index is 0.107. The van der Waals surface area contributed by atoms with Crippen molar-refractivity contribution in [3.8, 4) is 0 Å². The molecule has 2 aromatic carbocycles. The fraction of sp³-hybridized carbons (Fsp3) is 0.286. The fourth-order valence-corrected chi connectivity index (χ4v) is 3.85. The molecule has 2 amide bonds. The summed E-state index contributed by atoms with van der Waals surface area (Å²) in [4.78, 5) is 29.2. The fourth-order valence-electron chi connectivity index (χ4n) is 2.87. The quantitative estimate of drug-likeness (QED) is 0.835. The van der Waals surface area contributed by atoms with Crippen LogP contribution in [0.5, 0.6) is 0 Å². The predicted octanol–water partition coefficient (Wildman–Crippen LogP) is 4.17. The van der Waals surface area contributed by atoms with Gasteiger partial charge in [-0.3, -0.25) is 9.59 Å². The second-order valence-electron chi connectivity index (χ2n) is 6.87. The van der Waals surface area contributed by atoms with Gasteiger partial charge in [-0.1, -0.05) is 41.6 Å². The molecule has 1 aliphatic heterocycles. The molecule has 0 aromatic heterocycles. The molecule has 3 rings (SSSR count). The Balaban J connectivity index is 1.66. The topological polar surface area (TPSA) is 70.6 Å². The first-order chi connectivity index (χ1) is 12.8. The predicted molar refractivity (Wildman–Crippen MR) is 112 cm³/mol. The highest BCUT2D eigenvalue weighted by atomic mass is 32.2. The van der Waals surface area contributed by atoms with E-state index in [1.54, 1.807) is 0 Å². The highest BCUT2D eigenvalue weighted by Crippen LogP contribution is 2.28. The molecule has 2 N–H and O–H groups in total. The van der Waals surface area contributed by atoms with Crippen LogP contribution in [0.3, 0.4) is 0 Å². The number of amides is 2. The summed E-state index contributed by atoms with van der Waals surface area (Å²) in [5.41, 5.74) is 5.90. The van der Waals surface area contributed by atoms with E-state index in [0.717, 1.165) is 33.6 Å². The molecular weight excluding hydrogens is 358 g/mol. The lowest BCUT2D eigenvalue weighted by Gasteiger charge is -2.10. The van der Waals surface area contributed by atoms with Crippen molar-refractivity contribution in [3.63, 3.8) is 0 Å². The minimum atomic E-state index is -0.473. The maximum absolute atomic E-state index is 12.4. The van der Waals surface area contributed by atoms with Crippen molar-refractivity contribution in [1.29, 1.82) is 0 Å². The van der Waals surface area contributed by atoms with Crippen LogP contribution in [0.15, 0.2) is 41.4 Å². The lowest BCUT2D eigenvalue weighted by Crippen LogP contribution is -2.28. The van der Waals surface area contributed by atoms with Gasteiger partial charge in [0.1, 0.15) is 5.25 Å². The summed E-state index contributed by atoms with van der Waals surface area (Å²) in [6, 6.07) is 11.9. The van der Waals surface area contributed by atoms with Gasteiger partial charge in [0.2, 0.25) is 11.8 Å². The van der Waals surface area contributed by atoms with Crippen LogP contribution >= 0.6 is 11.8 Å². The van der Waals surface area contributed by atoms with Gasteiger partial charge in [0.15, 0.2) is 5.17 Å². The third-order valence-corrected chi connectivity index (χ3v) is 5.47.